The lowest BCUT2D eigenvalue weighted by Gasteiger charge is -2.37. The van der Waals surface area contributed by atoms with Crippen LogP contribution < -0.4 is 20.9 Å². The molecule has 5 rings (SSSR count). The van der Waals surface area contributed by atoms with Crippen LogP contribution in [0.4, 0.5) is 11.8 Å². The second-order valence-electron chi connectivity index (χ2n) is 10.4. The minimum atomic E-state index is -0.405. The van der Waals surface area contributed by atoms with E-state index in [1.165, 1.54) is 13.2 Å². The second-order valence-corrected chi connectivity index (χ2v) is 10.4. The quantitative estimate of drug-likeness (QED) is 0.217. The lowest BCUT2D eigenvalue weighted by atomic mass is 9.90. The first-order chi connectivity index (χ1) is 21.2. The fourth-order valence-electron chi connectivity index (χ4n) is 5.55. The van der Waals surface area contributed by atoms with Crippen LogP contribution in [0.2, 0.25) is 0 Å². The minimum absolute atomic E-state index is 0.0403. The standard InChI is InChI=1S/C32H35N7O5/c1-38-25(16-23(37-38)17-28(41)43-3)29-24-8-6-5-7-20(24)11-12-39(29)27(40)10-9-21-13-19(15-26(42-2)30(21)44-4)14-22-18-35-32(34)36-31(22)33/h5-10,13,15-16,18,29H,11-12,14,17H2,1-4H3,(H4,33,34,35,36). The summed E-state index contributed by atoms with van der Waals surface area (Å²) >= 11 is 0. The molecule has 0 saturated carbocycles. The van der Waals surface area contributed by atoms with Crippen LogP contribution in [0.15, 0.2) is 54.7 Å². The number of esters is 1. The van der Waals surface area contributed by atoms with Crippen molar-refractivity contribution in [2.24, 2.45) is 7.05 Å². The van der Waals surface area contributed by atoms with Crippen LogP contribution in [0.1, 0.15) is 45.2 Å². The van der Waals surface area contributed by atoms with Crippen LogP contribution in [0.3, 0.4) is 0 Å². The topological polar surface area (TPSA) is 161 Å². The van der Waals surface area contributed by atoms with E-state index in [9.17, 15) is 9.59 Å². The summed E-state index contributed by atoms with van der Waals surface area (Å²) in [6, 6.07) is 13.3. The first kappa shape index (κ1) is 30.1. The summed E-state index contributed by atoms with van der Waals surface area (Å²) in [5, 5.41) is 4.54. The Kier molecular flexibility index (Phi) is 8.79. The Bertz CT molecular complexity index is 1730. The summed E-state index contributed by atoms with van der Waals surface area (Å²) in [6.07, 6.45) is 6.01. The van der Waals surface area contributed by atoms with E-state index >= 15 is 0 Å². The predicted octanol–water partition coefficient (Wildman–Crippen LogP) is 2.89. The number of fused-ring (bicyclic) bond motifs is 1. The van der Waals surface area contributed by atoms with Gasteiger partial charge in [0.25, 0.3) is 0 Å². The molecule has 228 valence electrons. The van der Waals surface area contributed by atoms with E-state index in [0.29, 0.717) is 53.5 Å². The van der Waals surface area contributed by atoms with Crippen molar-refractivity contribution in [3.05, 3.63) is 93.9 Å². The highest BCUT2D eigenvalue weighted by Crippen LogP contribution is 2.37. The van der Waals surface area contributed by atoms with E-state index in [-0.39, 0.29) is 24.2 Å². The average Bonchev–Trinajstić information content (AvgIpc) is 3.38. The van der Waals surface area contributed by atoms with Crippen molar-refractivity contribution in [2.45, 2.75) is 25.3 Å². The molecule has 0 spiro atoms. The summed E-state index contributed by atoms with van der Waals surface area (Å²) in [7, 11) is 6.26. The number of nitrogens with two attached hydrogens (primary N) is 2. The predicted molar refractivity (Wildman–Crippen MR) is 165 cm³/mol. The molecule has 1 atom stereocenters. The SMILES string of the molecule is COC(=O)Cc1cc(C2c3ccccc3CCN2C(=O)C=Cc2cc(Cc3cnc(N)nc3N)cc(OC)c2OC)n(C)n1. The fraction of sp³-hybridized carbons (Fsp3) is 0.281. The number of amides is 1. The first-order valence-electron chi connectivity index (χ1n) is 14.0. The molecular weight excluding hydrogens is 562 g/mol. The molecule has 1 unspecified atom stereocenters. The molecule has 4 N–H and O–H groups in total. The third-order valence-electron chi connectivity index (χ3n) is 7.65. The number of rotatable bonds is 9. The van der Waals surface area contributed by atoms with E-state index in [0.717, 1.165) is 22.4 Å². The third-order valence-corrected chi connectivity index (χ3v) is 7.65. The minimum Gasteiger partial charge on any atom is -0.493 e. The summed E-state index contributed by atoms with van der Waals surface area (Å²) in [5.41, 5.74) is 17.5. The molecule has 3 heterocycles. The van der Waals surface area contributed by atoms with Crippen molar-refractivity contribution in [3.8, 4) is 11.5 Å². The van der Waals surface area contributed by atoms with Gasteiger partial charge >= 0.3 is 5.97 Å². The Morgan fingerprint density at radius 3 is 2.61 bits per heavy atom. The maximum Gasteiger partial charge on any atom is 0.311 e. The number of hydrogen-bond donors (Lipinski definition) is 2. The molecule has 44 heavy (non-hydrogen) atoms. The Balaban J connectivity index is 1.49. The molecule has 0 radical (unpaired) electrons. The molecule has 12 heteroatoms. The molecule has 1 amide bonds. The van der Waals surface area contributed by atoms with Gasteiger partial charge in [-0.1, -0.05) is 24.3 Å². The van der Waals surface area contributed by atoms with Gasteiger partial charge in [-0.3, -0.25) is 14.3 Å². The summed E-state index contributed by atoms with van der Waals surface area (Å²) in [5.74, 6) is 0.813. The molecule has 0 saturated heterocycles. The number of benzene rings is 2. The molecule has 0 fully saturated rings. The highest BCUT2D eigenvalue weighted by atomic mass is 16.5. The second kappa shape index (κ2) is 12.9. The zero-order valence-corrected chi connectivity index (χ0v) is 25.1. The van der Waals surface area contributed by atoms with Crippen molar-refractivity contribution in [3.63, 3.8) is 0 Å². The number of nitrogens with zero attached hydrogens (tertiary/aromatic N) is 5. The van der Waals surface area contributed by atoms with Gasteiger partial charge in [-0.25, -0.2) is 4.98 Å². The van der Waals surface area contributed by atoms with Gasteiger partial charge < -0.3 is 30.6 Å². The molecule has 12 nitrogen and oxygen atoms in total. The molecule has 2 aromatic carbocycles. The molecule has 2 aromatic heterocycles. The number of aryl methyl sites for hydroxylation is 1. The van der Waals surface area contributed by atoms with Crippen LogP contribution in [-0.2, 0) is 40.6 Å². The first-order valence-corrected chi connectivity index (χ1v) is 14.0. The van der Waals surface area contributed by atoms with Gasteiger partial charge in [-0.15, -0.1) is 0 Å². The number of methoxy groups -OCH3 is 3. The van der Waals surface area contributed by atoms with Crippen molar-refractivity contribution in [2.75, 3.05) is 39.3 Å². The fourth-order valence-corrected chi connectivity index (χ4v) is 5.55. The molecule has 1 aliphatic rings. The largest absolute Gasteiger partial charge is 0.493 e. The van der Waals surface area contributed by atoms with Gasteiger partial charge in [0.2, 0.25) is 11.9 Å². The van der Waals surface area contributed by atoms with E-state index in [1.807, 2.05) is 48.3 Å². The number of anilines is 2. The van der Waals surface area contributed by atoms with Crippen molar-refractivity contribution < 1.29 is 23.8 Å². The maximum absolute atomic E-state index is 13.9. The number of ether oxygens (including phenoxy) is 3. The van der Waals surface area contributed by atoms with E-state index < -0.39 is 6.04 Å². The highest BCUT2D eigenvalue weighted by molar-refractivity contribution is 5.93. The van der Waals surface area contributed by atoms with E-state index in [2.05, 4.69) is 21.1 Å². The van der Waals surface area contributed by atoms with Crippen LogP contribution in [0, 0.1) is 0 Å². The molecule has 1 aliphatic heterocycles. The number of aromatic nitrogens is 4. The number of nitrogen functional groups attached to an aromatic ring is 2. The maximum atomic E-state index is 13.9. The third kappa shape index (κ3) is 6.19. The smallest absolute Gasteiger partial charge is 0.311 e. The summed E-state index contributed by atoms with van der Waals surface area (Å²) in [6.45, 7) is 0.499. The van der Waals surface area contributed by atoms with Crippen molar-refractivity contribution >= 4 is 29.7 Å². The zero-order chi connectivity index (χ0) is 31.4. The zero-order valence-electron chi connectivity index (χ0n) is 25.1. The van der Waals surface area contributed by atoms with E-state index in [1.54, 1.807) is 31.2 Å². The normalized spacial score (nSPS) is 14.4. The van der Waals surface area contributed by atoms with Gasteiger partial charge in [0, 0.05) is 43.4 Å². The monoisotopic (exact) mass is 597 g/mol. The lowest BCUT2D eigenvalue weighted by Crippen LogP contribution is -2.40. The van der Waals surface area contributed by atoms with Crippen molar-refractivity contribution in [1.82, 2.24) is 24.6 Å². The highest BCUT2D eigenvalue weighted by Gasteiger charge is 2.33. The average molecular weight is 598 g/mol. The summed E-state index contributed by atoms with van der Waals surface area (Å²) < 4.78 is 17.8. The van der Waals surface area contributed by atoms with Gasteiger partial charge in [0.15, 0.2) is 11.5 Å². The van der Waals surface area contributed by atoms with Gasteiger partial charge in [0.1, 0.15) is 5.82 Å². The lowest BCUT2D eigenvalue weighted by molar-refractivity contribution is -0.139. The number of carbonyl (C=O) groups is 2. The van der Waals surface area contributed by atoms with Crippen molar-refractivity contribution in [1.29, 1.82) is 0 Å². The molecule has 4 aromatic rings. The van der Waals surface area contributed by atoms with Crippen LogP contribution in [0.25, 0.3) is 6.08 Å². The van der Waals surface area contributed by atoms with E-state index in [4.69, 9.17) is 25.7 Å². The Morgan fingerprint density at radius 2 is 1.89 bits per heavy atom. The number of carbonyl (C=O) groups excluding carboxylic acids is 2. The van der Waals surface area contributed by atoms with Gasteiger partial charge in [-0.05, 0) is 47.4 Å². The molecule has 0 aliphatic carbocycles. The Hall–Kier alpha value is -5.39. The summed E-state index contributed by atoms with van der Waals surface area (Å²) in [4.78, 5) is 35.8. The molecular formula is C32H35N7O5. The van der Waals surface area contributed by atoms with Gasteiger partial charge in [-0.2, -0.15) is 10.1 Å². The van der Waals surface area contributed by atoms with Crippen LogP contribution >= 0.6 is 0 Å². The van der Waals surface area contributed by atoms with Crippen LogP contribution in [0.5, 0.6) is 11.5 Å². The van der Waals surface area contributed by atoms with Gasteiger partial charge in [0.05, 0.1) is 45.2 Å². The Morgan fingerprint density at radius 1 is 1.09 bits per heavy atom. The molecule has 0 bridgehead atoms. The van der Waals surface area contributed by atoms with Crippen LogP contribution in [-0.4, -0.2) is 64.4 Å². The Labute approximate surface area is 255 Å². The number of hydrogen-bond acceptors (Lipinski definition) is 10.